The number of esters is 2. The molecular weight excluding hydrogens is 220 g/mol. The predicted molar refractivity (Wildman–Crippen MR) is 64.4 cm³/mol. The first kappa shape index (κ1) is 15.2. The van der Waals surface area contributed by atoms with Crippen LogP contribution >= 0.6 is 0 Å². The molecule has 0 N–H and O–H groups in total. The summed E-state index contributed by atoms with van der Waals surface area (Å²) < 4.78 is 8.82. The van der Waals surface area contributed by atoms with Gasteiger partial charge in [0.15, 0.2) is 6.61 Å². The van der Waals surface area contributed by atoms with Crippen molar-refractivity contribution in [3.05, 3.63) is 35.9 Å². The van der Waals surface area contributed by atoms with E-state index in [1.54, 1.807) is 6.92 Å². The van der Waals surface area contributed by atoms with Crippen molar-refractivity contribution in [3.8, 4) is 0 Å². The van der Waals surface area contributed by atoms with Crippen LogP contribution < -0.4 is 0 Å². The second-order valence-electron chi connectivity index (χ2n) is 3.24. The van der Waals surface area contributed by atoms with Crippen molar-refractivity contribution < 1.29 is 19.1 Å². The van der Waals surface area contributed by atoms with Crippen LogP contribution in [0.3, 0.4) is 0 Å². The van der Waals surface area contributed by atoms with Crippen LogP contribution in [0, 0.1) is 6.92 Å². The molecule has 0 fully saturated rings. The highest BCUT2D eigenvalue weighted by Crippen LogP contribution is 1.92. The third-order valence-electron chi connectivity index (χ3n) is 1.64. The quantitative estimate of drug-likeness (QED) is 0.757. The van der Waals surface area contributed by atoms with Gasteiger partial charge in [-0.15, -0.1) is 0 Å². The summed E-state index contributed by atoms with van der Waals surface area (Å²) in [5.74, 6) is -0.995. The molecule has 0 aliphatic heterocycles. The summed E-state index contributed by atoms with van der Waals surface area (Å²) in [7, 11) is 0. The minimum Gasteiger partial charge on any atom is -0.463 e. The number of carbonyl (C=O) groups is 2. The van der Waals surface area contributed by atoms with Gasteiger partial charge < -0.3 is 9.47 Å². The van der Waals surface area contributed by atoms with Crippen molar-refractivity contribution in [3.63, 3.8) is 0 Å². The molecule has 1 rings (SSSR count). The van der Waals surface area contributed by atoms with Crippen LogP contribution in [0.5, 0.6) is 0 Å². The van der Waals surface area contributed by atoms with Crippen molar-refractivity contribution in [1.82, 2.24) is 0 Å². The topological polar surface area (TPSA) is 52.6 Å². The van der Waals surface area contributed by atoms with Crippen LogP contribution in [-0.4, -0.2) is 25.2 Å². The average molecular weight is 238 g/mol. The molecule has 1 aromatic carbocycles. The van der Waals surface area contributed by atoms with E-state index in [1.807, 2.05) is 18.2 Å². The molecule has 0 bridgehead atoms. The molecule has 4 nitrogen and oxygen atoms in total. The largest absolute Gasteiger partial charge is 0.463 e. The maximum Gasteiger partial charge on any atom is 0.344 e. The average Bonchev–Trinajstić information content (AvgIpc) is 2.29. The minimum absolute atomic E-state index is 0.289. The molecule has 0 aliphatic carbocycles. The molecule has 94 valence electrons. The summed E-state index contributed by atoms with van der Waals surface area (Å²) in [4.78, 5) is 20.6. The Morgan fingerprint density at radius 3 is 2.06 bits per heavy atom. The van der Waals surface area contributed by atoms with Gasteiger partial charge in [0.1, 0.15) is 0 Å². The summed E-state index contributed by atoms with van der Waals surface area (Å²) in [6.45, 7) is 5.02. The first-order valence-electron chi connectivity index (χ1n) is 5.37. The lowest BCUT2D eigenvalue weighted by molar-refractivity contribution is -0.157. The van der Waals surface area contributed by atoms with E-state index in [0.717, 1.165) is 0 Å². The molecular formula is C13H18O4. The Hall–Kier alpha value is -1.84. The van der Waals surface area contributed by atoms with Crippen LogP contribution in [0.1, 0.15) is 19.4 Å². The zero-order chi connectivity index (χ0) is 13.1. The molecule has 17 heavy (non-hydrogen) atoms. The maximum atomic E-state index is 10.4. The van der Waals surface area contributed by atoms with Crippen LogP contribution in [0.25, 0.3) is 0 Å². The summed E-state index contributed by atoms with van der Waals surface area (Å²) >= 11 is 0. The molecule has 0 aliphatic rings. The van der Waals surface area contributed by atoms with Crippen molar-refractivity contribution in [2.45, 2.75) is 20.8 Å². The summed E-state index contributed by atoms with van der Waals surface area (Å²) in [6.07, 6.45) is 0. The van der Waals surface area contributed by atoms with Gasteiger partial charge in [-0.25, -0.2) is 4.79 Å². The summed E-state index contributed by atoms with van der Waals surface area (Å²) in [5, 5.41) is 0. The lowest BCUT2D eigenvalue weighted by atomic mass is 10.2. The van der Waals surface area contributed by atoms with Gasteiger partial charge in [-0.05, 0) is 13.8 Å². The lowest BCUT2D eigenvalue weighted by Gasteiger charge is -2.00. The van der Waals surface area contributed by atoms with Gasteiger partial charge in [0.25, 0.3) is 0 Å². The Labute approximate surface area is 102 Å². The molecule has 0 amide bonds. The van der Waals surface area contributed by atoms with Crippen LogP contribution in [0.4, 0.5) is 0 Å². The van der Waals surface area contributed by atoms with Gasteiger partial charge >= 0.3 is 11.9 Å². The first-order valence-corrected chi connectivity index (χ1v) is 5.37. The van der Waals surface area contributed by atoms with E-state index < -0.39 is 11.9 Å². The molecule has 0 saturated heterocycles. The molecule has 0 heterocycles. The van der Waals surface area contributed by atoms with E-state index in [-0.39, 0.29) is 6.61 Å². The third kappa shape index (κ3) is 10.4. The van der Waals surface area contributed by atoms with Crippen molar-refractivity contribution in [2.75, 3.05) is 13.2 Å². The number of rotatable bonds is 3. The Morgan fingerprint density at radius 1 is 1.12 bits per heavy atom. The number of carbonyl (C=O) groups excluding carboxylic acids is 2. The number of hydrogen-bond donors (Lipinski definition) is 0. The van der Waals surface area contributed by atoms with Gasteiger partial charge in [0.05, 0.1) is 6.61 Å². The van der Waals surface area contributed by atoms with Gasteiger partial charge in [0.2, 0.25) is 0 Å². The molecule has 0 radical (unpaired) electrons. The molecule has 0 spiro atoms. The fourth-order valence-electron chi connectivity index (χ4n) is 0.898. The normalized spacial score (nSPS) is 8.65. The zero-order valence-electron chi connectivity index (χ0n) is 10.4. The van der Waals surface area contributed by atoms with Gasteiger partial charge in [-0.3, -0.25) is 4.79 Å². The van der Waals surface area contributed by atoms with Crippen molar-refractivity contribution >= 4 is 11.9 Å². The molecule has 0 saturated carbocycles. The summed E-state index contributed by atoms with van der Waals surface area (Å²) in [6, 6.07) is 10.3. The lowest BCUT2D eigenvalue weighted by Crippen LogP contribution is -2.14. The van der Waals surface area contributed by atoms with Gasteiger partial charge in [-0.1, -0.05) is 35.9 Å². The number of ether oxygens (including phenoxy) is 2. The summed E-state index contributed by atoms with van der Waals surface area (Å²) in [5.41, 5.74) is 1.32. The molecule has 4 heteroatoms. The minimum atomic E-state index is -0.516. The first-order chi connectivity index (χ1) is 8.06. The Bertz CT molecular complexity index is 333. The second-order valence-corrected chi connectivity index (χ2v) is 3.24. The Morgan fingerprint density at radius 2 is 1.71 bits per heavy atom. The van der Waals surface area contributed by atoms with E-state index in [2.05, 4.69) is 28.5 Å². The molecule has 0 unspecified atom stereocenters. The van der Waals surface area contributed by atoms with E-state index in [0.29, 0.717) is 6.61 Å². The predicted octanol–water partition coefficient (Wildman–Crippen LogP) is 2.11. The van der Waals surface area contributed by atoms with Gasteiger partial charge in [-0.2, -0.15) is 0 Å². The fraction of sp³-hybridized carbons (Fsp3) is 0.385. The molecule has 0 aromatic heterocycles. The molecule has 1 aromatic rings. The monoisotopic (exact) mass is 238 g/mol. The second kappa shape index (κ2) is 9.39. The number of aryl methyl sites for hydroxylation is 1. The maximum absolute atomic E-state index is 10.4. The zero-order valence-corrected chi connectivity index (χ0v) is 10.4. The van der Waals surface area contributed by atoms with E-state index >= 15 is 0 Å². The third-order valence-corrected chi connectivity index (χ3v) is 1.64. The number of hydrogen-bond acceptors (Lipinski definition) is 4. The fourth-order valence-corrected chi connectivity index (χ4v) is 0.898. The highest BCUT2D eigenvalue weighted by molar-refractivity contribution is 5.75. The highest BCUT2D eigenvalue weighted by atomic mass is 16.6. The highest BCUT2D eigenvalue weighted by Gasteiger charge is 2.02. The van der Waals surface area contributed by atoms with E-state index in [1.165, 1.54) is 12.5 Å². The standard InChI is InChI=1S/C7H8.C6H10O4/c1-7-5-3-2-4-6-7;1-3-9-6(8)4-10-5(2)7/h2-6H,1H3;3-4H2,1-2H3. The Kier molecular flexibility index (Phi) is 8.37. The van der Waals surface area contributed by atoms with Crippen molar-refractivity contribution in [2.24, 2.45) is 0 Å². The SMILES string of the molecule is CCOC(=O)COC(C)=O.Cc1ccccc1. The van der Waals surface area contributed by atoms with Crippen LogP contribution in [0.15, 0.2) is 30.3 Å². The smallest absolute Gasteiger partial charge is 0.344 e. The van der Waals surface area contributed by atoms with Gasteiger partial charge in [0, 0.05) is 6.92 Å². The Balaban J connectivity index is 0.000000318. The van der Waals surface area contributed by atoms with Crippen LogP contribution in [0.2, 0.25) is 0 Å². The van der Waals surface area contributed by atoms with E-state index in [9.17, 15) is 9.59 Å². The van der Waals surface area contributed by atoms with Crippen LogP contribution in [-0.2, 0) is 19.1 Å². The number of benzene rings is 1. The van der Waals surface area contributed by atoms with E-state index in [4.69, 9.17) is 0 Å². The molecule has 0 atom stereocenters. The van der Waals surface area contributed by atoms with Crippen molar-refractivity contribution in [1.29, 1.82) is 0 Å².